The van der Waals surface area contributed by atoms with Gasteiger partial charge in [0, 0.05) is 6.54 Å². The molecule has 0 aliphatic rings. The maximum absolute atomic E-state index is 5.72. The summed E-state index contributed by atoms with van der Waals surface area (Å²) >= 11 is 0. The number of nitrogens with two attached hydrogens (primary N) is 1. The second-order valence-corrected chi connectivity index (χ2v) is 4.49. The van der Waals surface area contributed by atoms with E-state index in [-0.39, 0.29) is 12.4 Å². The van der Waals surface area contributed by atoms with Crippen LogP contribution in [0.1, 0.15) is 56.6 Å². The molecule has 0 fully saturated rings. The summed E-state index contributed by atoms with van der Waals surface area (Å²) in [5, 5.41) is 0. The lowest BCUT2D eigenvalue weighted by atomic mass is 10.0. The third kappa shape index (κ3) is 6.70. The quantitative estimate of drug-likeness (QED) is 0.682. The van der Waals surface area contributed by atoms with Crippen molar-refractivity contribution >= 4 is 12.4 Å². The van der Waals surface area contributed by atoms with E-state index in [9.17, 15) is 0 Å². The Balaban J connectivity index is 0.00000256. The Kier molecular flexibility index (Phi) is 10.3. The Hall–Kier alpha value is -0.530. The number of unbranched alkanes of at least 4 members (excludes halogenated alkanes) is 5. The molecule has 1 rings (SSSR count). The van der Waals surface area contributed by atoms with Crippen molar-refractivity contribution in [3.05, 3.63) is 35.4 Å². The molecule has 0 spiro atoms. The molecule has 0 atom stereocenters. The Labute approximate surface area is 112 Å². The summed E-state index contributed by atoms with van der Waals surface area (Å²) in [6.45, 7) is 2.93. The van der Waals surface area contributed by atoms with Crippen LogP contribution in [-0.2, 0) is 13.0 Å². The fraction of sp³-hybridized carbons (Fsp3) is 0.600. The highest BCUT2D eigenvalue weighted by atomic mass is 35.5. The first-order valence-corrected chi connectivity index (χ1v) is 6.65. The van der Waals surface area contributed by atoms with Gasteiger partial charge in [-0.25, -0.2) is 0 Å². The van der Waals surface area contributed by atoms with E-state index in [1.54, 1.807) is 0 Å². The Morgan fingerprint density at radius 2 is 1.47 bits per heavy atom. The van der Waals surface area contributed by atoms with E-state index in [1.165, 1.54) is 56.1 Å². The predicted molar refractivity (Wildman–Crippen MR) is 78.7 cm³/mol. The highest BCUT2D eigenvalue weighted by Gasteiger charge is 1.99. The van der Waals surface area contributed by atoms with Gasteiger partial charge in [0.05, 0.1) is 0 Å². The first-order chi connectivity index (χ1) is 7.88. The van der Waals surface area contributed by atoms with E-state index in [4.69, 9.17) is 5.73 Å². The van der Waals surface area contributed by atoms with E-state index < -0.39 is 0 Å². The molecule has 1 aromatic carbocycles. The molecule has 0 aromatic heterocycles. The Morgan fingerprint density at radius 3 is 2.12 bits per heavy atom. The zero-order chi connectivity index (χ0) is 11.6. The molecule has 2 heteroatoms. The van der Waals surface area contributed by atoms with Crippen LogP contribution in [0.2, 0.25) is 0 Å². The molecule has 0 aliphatic carbocycles. The molecule has 0 saturated heterocycles. The summed E-state index contributed by atoms with van der Waals surface area (Å²) in [6, 6.07) is 8.55. The van der Waals surface area contributed by atoms with Crippen molar-refractivity contribution in [3.8, 4) is 0 Å². The third-order valence-corrected chi connectivity index (χ3v) is 3.14. The number of hydrogen-bond donors (Lipinski definition) is 1. The van der Waals surface area contributed by atoms with Gasteiger partial charge in [0.15, 0.2) is 0 Å². The monoisotopic (exact) mass is 255 g/mol. The molecule has 17 heavy (non-hydrogen) atoms. The van der Waals surface area contributed by atoms with Gasteiger partial charge in [-0.05, 0) is 24.0 Å². The van der Waals surface area contributed by atoms with Gasteiger partial charge in [-0.2, -0.15) is 0 Å². The summed E-state index contributed by atoms with van der Waals surface area (Å²) < 4.78 is 0. The number of hydrogen-bond acceptors (Lipinski definition) is 1. The minimum absolute atomic E-state index is 0. The van der Waals surface area contributed by atoms with Gasteiger partial charge < -0.3 is 5.73 Å². The van der Waals surface area contributed by atoms with Gasteiger partial charge in [0.25, 0.3) is 0 Å². The number of benzene rings is 1. The Morgan fingerprint density at radius 1 is 0.882 bits per heavy atom. The minimum Gasteiger partial charge on any atom is -0.326 e. The van der Waals surface area contributed by atoms with Crippen molar-refractivity contribution in [2.45, 2.75) is 58.4 Å². The minimum atomic E-state index is 0. The van der Waals surface area contributed by atoms with Crippen LogP contribution in [0.5, 0.6) is 0 Å². The van der Waals surface area contributed by atoms with Crippen molar-refractivity contribution in [1.82, 2.24) is 0 Å². The SMILES string of the molecule is CCCCCCCCc1ccccc1CN.Cl. The second-order valence-electron chi connectivity index (χ2n) is 4.49. The van der Waals surface area contributed by atoms with E-state index in [1.807, 2.05) is 0 Å². The standard InChI is InChI=1S/C15H25N.ClH/c1-2-3-4-5-6-7-10-14-11-8-9-12-15(14)13-16;/h8-9,11-12H,2-7,10,13,16H2,1H3;1H. The molecule has 0 heterocycles. The van der Waals surface area contributed by atoms with E-state index in [2.05, 4.69) is 31.2 Å². The fourth-order valence-electron chi connectivity index (χ4n) is 2.10. The van der Waals surface area contributed by atoms with Crippen molar-refractivity contribution in [2.24, 2.45) is 5.73 Å². The third-order valence-electron chi connectivity index (χ3n) is 3.14. The molecule has 0 saturated carbocycles. The molecule has 1 nitrogen and oxygen atoms in total. The van der Waals surface area contributed by atoms with E-state index in [0.717, 1.165) is 0 Å². The van der Waals surface area contributed by atoms with Crippen molar-refractivity contribution in [3.63, 3.8) is 0 Å². The highest BCUT2D eigenvalue weighted by Crippen LogP contribution is 2.13. The summed E-state index contributed by atoms with van der Waals surface area (Å²) in [5.41, 5.74) is 8.48. The van der Waals surface area contributed by atoms with Crippen molar-refractivity contribution < 1.29 is 0 Å². The van der Waals surface area contributed by atoms with Crippen LogP contribution in [0.3, 0.4) is 0 Å². The van der Waals surface area contributed by atoms with Crippen molar-refractivity contribution in [2.75, 3.05) is 0 Å². The molecular weight excluding hydrogens is 230 g/mol. The molecule has 98 valence electrons. The Bertz CT molecular complexity index is 286. The van der Waals surface area contributed by atoms with Gasteiger partial charge in [0.1, 0.15) is 0 Å². The number of halogens is 1. The first kappa shape index (κ1) is 16.5. The predicted octanol–water partition coefficient (Wildman–Crippen LogP) is 4.47. The van der Waals surface area contributed by atoms with Gasteiger partial charge in [-0.3, -0.25) is 0 Å². The van der Waals surface area contributed by atoms with Gasteiger partial charge >= 0.3 is 0 Å². The average Bonchev–Trinajstić information content (AvgIpc) is 2.34. The summed E-state index contributed by atoms with van der Waals surface area (Å²) in [6.07, 6.45) is 9.36. The van der Waals surface area contributed by atoms with Crippen LogP contribution >= 0.6 is 12.4 Å². The van der Waals surface area contributed by atoms with Gasteiger partial charge in [0.2, 0.25) is 0 Å². The van der Waals surface area contributed by atoms with Crippen LogP contribution in [0.15, 0.2) is 24.3 Å². The zero-order valence-electron chi connectivity index (χ0n) is 11.0. The molecule has 2 N–H and O–H groups in total. The van der Waals surface area contributed by atoms with Crippen molar-refractivity contribution in [1.29, 1.82) is 0 Å². The average molecular weight is 256 g/mol. The normalized spacial score (nSPS) is 10.0. The summed E-state index contributed by atoms with van der Waals surface area (Å²) in [7, 11) is 0. The fourth-order valence-corrected chi connectivity index (χ4v) is 2.10. The van der Waals surface area contributed by atoms with Gasteiger partial charge in [-0.1, -0.05) is 63.3 Å². The molecule has 0 radical (unpaired) electrons. The van der Waals surface area contributed by atoms with E-state index >= 15 is 0 Å². The highest BCUT2D eigenvalue weighted by molar-refractivity contribution is 5.85. The first-order valence-electron chi connectivity index (χ1n) is 6.65. The van der Waals surface area contributed by atoms with Crippen LogP contribution < -0.4 is 5.73 Å². The topological polar surface area (TPSA) is 26.0 Å². The van der Waals surface area contributed by atoms with Gasteiger partial charge in [-0.15, -0.1) is 12.4 Å². The lowest BCUT2D eigenvalue weighted by Crippen LogP contribution is -2.01. The number of aryl methyl sites for hydroxylation is 1. The second kappa shape index (κ2) is 10.6. The molecule has 0 unspecified atom stereocenters. The molecule has 1 aromatic rings. The lowest BCUT2D eigenvalue weighted by Gasteiger charge is -2.07. The smallest absolute Gasteiger partial charge is 0.0180 e. The summed E-state index contributed by atoms with van der Waals surface area (Å²) in [5.74, 6) is 0. The largest absolute Gasteiger partial charge is 0.326 e. The molecule has 0 bridgehead atoms. The van der Waals surface area contributed by atoms with Crippen LogP contribution in [0.25, 0.3) is 0 Å². The summed E-state index contributed by atoms with van der Waals surface area (Å²) in [4.78, 5) is 0. The maximum atomic E-state index is 5.72. The zero-order valence-corrected chi connectivity index (χ0v) is 11.8. The van der Waals surface area contributed by atoms with Crippen LogP contribution in [0.4, 0.5) is 0 Å². The van der Waals surface area contributed by atoms with Crippen LogP contribution in [-0.4, -0.2) is 0 Å². The lowest BCUT2D eigenvalue weighted by molar-refractivity contribution is 0.606. The molecule has 0 amide bonds. The molecule has 0 aliphatic heterocycles. The van der Waals surface area contributed by atoms with Crippen LogP contribution in [0, 0.1) is 0 Å². The maximum Gasteiger partial charge on any atom is 0.0180 e. The van der Waals surface area contributed by atoms with E-state index in [0.29, 0.717) is 6.54 Å². The number of rotatable bonds is 8. The molecular formula is C15H26ClN.